The van der Waals surface area contributed by atoms with E-state index in [9.17, 15) is 13.6 Å². The van der Waals surface area contributed by atoms with Crippen molar-refractivity contribution < 1.29 is 18.3 Å². The molecule has 0 radical (unpaired) electrons. The van der Waals surface area contributed by atoms with Gasteiger partial charge in [-0.15, -0.1) is 0 Å². The maximum Gasteiger partial charge on any atom is 0.338 e. The van der Waals surface area contributed by atoms with Crippen LogP contribution in [-0.2, 0) is 9.53 Å². The molecule has 31 heavy (non-hydrogen) atoms. The number of likely N-dealkylation sites (N-methyl/N-ethyl adjacent to an activating group) is 1. The van der Waals surface area contributed by atoms with Crippen LogP contribution >= 0.6 is 23.2 Å². The number of benzene rings is 1. The Bertz CT molecular complexity index is 1080. The van der Waals surface area contributed by atoms with Crippen LogP contribution in [0.15, 0.2) is 46.7 Å². The predicted molar refractivity (Wildman–Crippen MR) is 115 cm³/mol. The highest BCUT2D eigenvalue weighted by Gasteiger charge is 2.34. The smallest absolute Gasteiger partial charge is 0.338 e. The quantitative estimate of drug-likeness (QED) is 0.645. The van der Waals surface area contributed by atoms with E-state index in [1.807, 2.05) is 18.9 Å². The zero-order chi connectivity index (χ0) is 22.7. The number of aliphatic imine (C=N–C) groups is 1. The van der Waals surface area contributed by atoms with Gasteiger partial charge in [0.1, 0.15) is 17.6 Å². The summed E-state index contributed by atoms with van der Waals surface area (Å²) in [6.07, 6.45) is 0.893. The average Bonchev–Trinajstić information content (AvgIpc) is 2.72. The molecule has 0 saturated heterocycles. The molecule has 3 rings (SSSR count). The summed E-state index contributed by atoms with van der Waals surface area (Å²) >= 11 is 12.4. The molecule has 0 fully saturated rings. The fourth-order valence-electron chi connectivity index (χ4n) is 3.11. The second kappa shape index (κ2) is 9.72. The van der Waals surface area contributed by atoms with Crippen LogP contribution in [0.25, 0.3) is 0 Å². The molecule has 1 aromatic carbocycles. The minimum Gasteiger partial charge on any atom is -0.466 e. The van der Waals surface area contributed by atoms with Crippen molar-refractivity contribution in [3.63, 3.8) is 0 Å². The lowest BCUT2D eigenvalue weighted by Gasteiger charge is -2.29. The number of nitrogens with zero attached hydrogens (tertiary/aromatic N) is 3. The van der Waals surface area contributed by atoms with Gasteiger partial charge in [-0.05, 0) is 25.7 Å². The first-order valence-corrected chi connectivity index (χ1v) is 10.1. The molecule has 1 aromatic heterocycles. The molecule has 1 unspecified atom stereocenters. The minimum atomic E-state index is -0.917. The van der Waals surface area contributed by atoms with E-state index < -0.39 is 23.6 Å². The normalized spacial score (nSPS) is 16.3. The summed E-state index contributed by atoms with van der Waals surface area (Å²) in [5.41, 5.74) is 0.961. The summed E-state index contributed by atoms with van der Waals surface area (Å²) in [7, 11) is 3.12. The van der Waals surface area contributed by atoms with Gasteiger partial charge in [0.05, 0.1) is 18.9 Å². The largest absolute Gasteiger partial charge is 0.466 e. The van der Waals surface area contributed by atoms with Crippen LogP contribution in [0, 0.1) is 11.6 Å². The Morgan fingerprint density at radius 1 is 1.29 bits per heavy atom. The topological polar surface area (TPSA) is 66.8 Å². The van der Waals surface area contributed by atoms with Crippen LogP contribution in [0.1, 0.15) is 24.2 Å². The van der Waals surface area contributed by atoms with Crippen LogP contribution in [0.4, 0.5) is 8.78 Å². The third kappa shape index (κ3) is 5.03. The second-order valence-corrected chi connectivity index (χ2v) is 7.71. The zero-order valence-corrected chi connectivity index (χ0v) is 18.6. The van der Waals surface area contributed by atoms with Gasteiger partial charge in [-0.1, -0.05) is 36.2 Å². The van der Waals surface area contributed by atoms with Gasteiger partial charge in [0.15, 0.2) is 11.7 Å². The predicted octanol–water partition coefficient (Wildman–Crippen LogP) is 4.14. The summed E-state index contributed by atoms with van der Waals surface area (Å²) in [6, 6.07) is 4.58. The number of aromatic nitrogens is 1. The average molecular weight is 469 g/mol. The van der Waals surface area contributed by atoms with Crippen LogP contribution in [0.5, 0.6) is 0 Å². The lowest BCUT2D eigenvalue weighted by Crippen LogP contribution is -2.39. The van der Waals surface area contributed by atoms with E-state index in [1.165, 1.54) is 13.2 Å². The molecule has 2 aromatic rings. The molecular weight excluding hydrogens is 449 g/mol. The highest BCUT2D eigenvalue weighted by Crippen LogP contribution is 2.37. The minimum absolute atomic E-state index is 0.0423. The van der Waals surface area contributed by atoms with Gasteiger partial charge in [-0.3, -0.25) is 4.99 Å². The van der Waals surface area contributed by atoms with Gasteiger partial charge >= 0.3 is 5.97 Å². The second-order valence-electron chi connectivity index (χ2n) is 6.87. The fourth-order valence-corrected chi connectivity index (χ4v) is 3.62. The lowest BCUT2D eigenvalue weighted by atomic mass is 9.95. The van der Waals surface area contributed by atoms with E-state index in [0.29, 0.717) is 35.4 Å². The van der Waals surface area contributed by atoms with Crippen molar-refractivity contribution >= 4 is 35.0 Å². The molecule has 2 heterocycles. The Hall–Kier alpha value is -2.55. The third-order valence-corrected chi connectivity index (χ3v) is 5.35. The van der Waals surface area contributed by atoms with Crippen molar-refractivity contribution in [1.29, 1.82) is 0 Å². The number of carbonyl (C=O) groups excluding carboxylic acids is 1. The number of amidine groups is 1. The van der Waals surface area contributed by atoms with Gasteiger partial charge < -0.3 is 15.0 Å². The molecule has 1 aliphatic heterocycles. The molecule has 10 heteroatoms. The Morgan fingerprint density at radius 2 is 2.03 bits per heavy atom. The van der Waals surface area contributed by atoms with Gasteiger partial charge in [-0.25, -0.2) is 18.6 Å². The van der Waals surface area contributed by atoms with Gasteiger partial charge in [0, 0.05) is 33.9 Å². The van der Waals surface area contributed by atoms with E-state index in [0.717, 1.165) is 6.20 Å². The van der Waals surface area contributed by atoms with Gasteiger partial charge in [-0.2, -0.15) is 0 Å². The number of hydrogen-bond acceptors (Lipinski definition) is 6. The van der Waals surface area contributed by atoms with E-state index in [4.69, 9.17) is 27.9 Å². The standard InChI is InChI=1S/C21H20Cl2F2N4O2/c1-4-29(2)10-16-17(21(30)31-3)18(13-6-5-11(22)7-14(13)23)28-20(27-16)19-15(25)8-12(24)9-26-19/h5-9,18H,4,10H2,1-3H3,(H,27,28). The first-order valence-electron chi connectivity index (χ1n) is 9.36. The number of rotatable bonds is 6. The molecule has 0 aliphatic carbocycles. The molecule has 0 bridgehead atoms. The molecule has 0 amide bonds. The van der Waals surface area contributed by atoms with Crippen molar-refractivity contribution in [1.82, 2.24) is 15.2 Å². The number of pyridine rings is 1. The van der Waals surface area contributed by atoms with Crippen LogP contribution in [0.3, 0.4) is 0 Å². The molecule has 0 saturated carbocycles. The molecule has 1 aliphatic rings. The Balaban J connectivity index is 2.22. The fraction of sp³-hybridized carbons (Fsp3) is 0.286. The molecule has 164 valence electrons. The molecular formula is C21H20Cl2F2N4O2. The zero-order valence-electron chi connectivity index (χ0n) is 17.0. The van der Waals surface area contributed by atoms with E-state index in [1.54, 1.807) is 12.1 Å². The summed E-state index contributed by atoms with van der Waals surface area (Å²) in [4.78, 5) is 23.0. The number of nitrogens with one attached hydrogen (secondary N) is 1. The van der Waals surface area contributed by atoms with E-state index in [2.05, 4.69) is 15.3 Å². The van der Waals surface area contributed by atoms with Crippen molar-refractivity contribution in [3.05, 3.63) is 74.7 Å². The molecule has 0 spiro atoms. The summed E-state index contributed by atoms with van der Waals surface area (Å²) < 4.78 is 32.9. The summed E-state index contributed by atoms with van der Waals surface area (Å²) in [6.45, 7) is 2.94. The molecule has 1 N–H and O–H groups in total. The number of halogens is 4. The number of ether oxygens (including phenoxy) is 1. The number of esters is 1. The van der Waals surface area contributed by atoms with Crippen LogP contribution in [-0.4, -0.2) is 48.9 Å². The first kappa shape index (κ1) is 23.1. The van der Waals surface area contributed by atoms with Crippen LogP contribution in [0.2, 0.25) is 10.0 Å². The number of methoxy groups -OCH3 is 1. The highest BCUT2D eigenvalue weighted by atomic mass is 35.5. The highest BCUT2D eigenvalue weighted by molar-refractivity contribution is 6.35. The maximum absolute atomic E-state index is 14.5. The van der Waals surface area contributed by atoms with Gasteiger partial charge in [0.2, 0.25) is 0 Å². The third-order valence-electron chi connectivity index (χ3n) is 4.79. The van der Waals surface area contributed by atoms with E-state index >= 15 is 0 Å². The van der Waals surface area contributed by atoms with E-state index in [-0.39, 0.29) is 22.1 Å². The van der Waals surface area contributed by atoms with Crippen molar-refractivity contribution in [2.75, 3.05) is 27.2 Å². The summed E-state index contributed by atoms with van der Waals surface area (Å²) in [5.74, 6) is -2.28. The molecule has 6 nitrogen and oxygen atoms in total. The van der Waals surface area contributed by atoms with Gasteiger partial charge in [0.25, 0.3) is 0 Å². The van der Waals surface area contributed by atoms with Crippen LogP contribution < -0.4 is 5.32 Å². The summed E-state index contributed by atoms with van der Waals surface area (Å²) in [5, 5.41) is 3.67. The number of carbonyl (C=O) groups is 1. The molecule has 1 atom stereocenters. The SMILES string of the molecule is CCN(C)CC1=C(C(=O)OC)C(c2ccc(Cl)cc2Cl)N=C(c2ncc(F)cc2F)N1. The maximum atomic E-state index is 14.5. The monoisotopic (exact) mass is 468 g/mol. The number of hydrogen-bond donors (Lipinski definition) is 1. The Morgan fingerprint density at radius 3 is 2.65 bits per heavy atom. The van der Waals surface area contributed by atoms with Crippen molar-refractivity contribution in [2.24, 2.45) is 4.99 Å². The lowest BCUT2D eigenvalue weighted by molar-refractivity contribution is -0.136. The Labute approximate surface area is 188 Å². The van der Waals surface area contributed by atoms with Crippen molar-refractivity contribution in [3.8, 4) is 0 Å². The van der Waals surface area contributed by atoms with Crippen molar-refractivity contribution in [2.45, 2.75) is 13.0 Å². The Kier molecular flexibility index (Phi) is 7.25. The first-order chi connectivity index (χ1) is 14.7.